The van der Waals surface area contributed by atoms with Crippen LogP contribution in [0.15, 0.2) is 54.6 Å². The highest BCUT2D eigenvalue weighted by molar-refractivity contribution is 6.36. The minimum absolute atomic E-state index is 0.0416. The van der Waals surface area contributed by atoms with Crippen LogP contribution in [0.1, 0.15) is 23.2 Å². The van der Waals surface area contributed by atoms with Crippen LogP contribution in [-0.2, 0) is 0 Å². The lowest BCUT2D eigenvalue weighted by atomic mass is 10.1. The molecule has 4 rings (SSSR count). The molecule has 148 valence electrons. The first kappa shape index (κ1) is 19.5. The maximum atomic E-state index is 13.3. The van der Waals surface area contributed by atoms with E-state index in [9.17, 15) is 14.9 Å². The molecule has 1 fully saturated rings. The molecule has 1 saturated heterocycles. The van der Waals surface area contributed by atoms with Crippen molar-refractivity contribution < 1.29 is 9.72 Å². The summed E-state index contributed by atoms with van der Waals surface area (Å²) in [6, 6.07) is 15.2. The molecule has 0 N–H and O–H groups in total. The standard InChI is InChI=1S/C21H17Cl2N3O3/c22-14-7-8-17(18(23)13-14)21(27)25-12-4-3-11-24(25)19-9-10-20(26(28)29)16-6-2-1-5-15(16)19/h1-2,5-10,13H,3-4,11-12H2. The molecular weight excluding hydrogens is 413 g/mol. The van der Waals surface area contributed by atoms with Crippen molar-refractivity contribution in [2.45, 2.75) is 12.8 Å². The summed E-state index contributed by atoms with van der Waals surface area (Å²) in [5.74, 6) is -0.228. The van der Waals surface area contributed by atoms with Crippen molar-refractivity contribution in [1.29, 1.82) is 0 Å². The monoisotopic (exact) mass is 429 g/mol. The quantitative estimate of drug-likeness (QED) is 0.394. The molecule has 1 amide bonds. The van der Waals surface area contributed by atoms with Crippen LogP contribution in [0.5, 0.6) is 0 Å². The number of anilines is 1. The summed E-state index contributed by atoms with van der Waals surface area (Å²) < 4.78 is 0. The van der Waals surface area contributed by atoms with Crippen molar-refractivity contribution in [3.8, 4) is 0 Å². The number of hydrogen-bond acceptors (Lipinski definition) is 4. The fourth-order valence-corrected chi connectivity index (χ4v) is 4.17. The Hall–Kier alpha value is -2.83. The Morgan fingerprint density at radius 2 is 1.69 bits per heavy atom. The molecule has 3 aromatic carbocycles. The molecular formula is C21H17Cl2N3O3. The third-order valence-electron chi connectivity index (χ3n) is 5.03. The number of nitrogens with zero attached hydrogens (tertiary/aromatic N) is 3. The minimum atomic E-state index is -0.390. The Bertz CT molecular complexity index is 1120. The van der Waals surface area contributed by atoms with E-state index in [1.165, 1.54) is 6.07 Å². The molecule has 1 aliphatic rings. The first-order valence-electron chi connectivity index (χ1n) is 9.18. The number of hydrazine groups is 1. The number of fused-ring (bicyclic) bond motifs is 1. The van der Waals surface area contributed by atoms with Gasteiger partial charge in [0.2, 0.25) is 0 Å². The number of nitro groups is 1. The molecule has 0 spiro atoms. The van der Waals surface area contributed by atoms with Crippen LogP contribution < -0.4 is 5.01 Å². The Balaban J connectivity index is 1.80. The summed E-state index contributed by atoms with van der Waals surface area (Å²) in [6.45, 7) is 1.15. The molecule has 6 nitrogen and oxygen atoms in total. The van der Waals surface area contributed by atoms with Gasteiger partial charge in [-0.3, -0.25) is 19.9 Å². The van der Waals surface area contributed by atoms with Gasteiger partial charge in [0.25, 0.3) is 11.6 Å². The first-order chi connectivity index (χ1) is 14.0. The molecule has 0 atom stereocenters. The van der Waals surface area contributed by atoms with Crippen molar-refractivity contribution in [2.24, 2.45) is 0 Å². The maximum absolute atomic E-state index is 13.3. The van der Waals surface area contributed by atoms with E-state index in [0.29, 0.717) is 34.1 Å². The minimum Gasteiger partial charge on any atom is -0.282 e. The predicted molar refractivity (Wildman–Crippen MR) is 115 cm³/mol. The molecule has 0 radical (unpaired) electrons. The van der Waals surface area contributed by atoms with E-state index in [2.05, 4.69) is 0 Å². The van der Waals surface area contributed by atoms with Gasteiger partial charge in [-0.05, 0) is 43.2 Å². The Labute approximate surface area is 177 Å². The lowest BCUT2D eigenvalue weighted by molar-refractivity contribution is -0.383. The van der Waals surface area contributed by atoms with Crippen molar-refractivity contribution >= 4 is 51.3 Å². The normalized spacial score (nSPS) is 14.3. The number of rotatable bonds is 3. The van der Waals surface area contributed by atoms with Gasteiger partial charge in [0, 0.05) is 29.6 Å². The summed E-state index contributed by atoms with van der Waals surface area (Å²) >= 11 is 12.2. The fraction of sp³-hybridized carbons (Fsp3) is 0.190. The number of hydrogen-bond donors (Lipinski definition) is 0. The van der Waals surface area contributed by atoms with Crippen LogP contribution in [0.2, 0.25) is 10.0 Å². The van der Waals surface area contributed by atoms with Gasteiger partial charge in [-0.1, -0.05) is 41.4 Å². The number of nitro benzene ring substituents is 1. The van der Waals surface area contributed by atoms with Crippen LogP contribution in [-0.4, -0.2) is 28.9 Å². The fourth-order valence-electron chi connectivity index (χ4n) is 3.68. The molecule has 3 aromatic rings. The summed E-state index contributed by atoms with van der Waals surface area (Å²) in [6.07, 6.45) is 1.77. The average Bonchev–Trinajstić information content (AvgIpc) is 2.72. The zero-order valence-corrected chi connectivity index (χ0v) is 16.9. The highest BCUT2D eigenvalue weighted by Gasteiger charge is 2.29. The van der Waals surface area contributed by atoms with Crippen molar-refractivity contribution in [1.82, 2.24) is 5.01 Å². The van der Waals surface area contributed by atoms with Crippen molar-refractivity contribution in [3.05, 3.63) is 80.3 Å². The SMILES string of the molecule is O=C(c1ccc(Cl)cc1Cl)N1CCCCN1c1ccc([N+](=O)[O-])c2ccccc12. The van der Waals surface area contributed by atoms with Crippen LogP contribution in [0.4, 0.5) is 11.4 Å². The molecule has 29 heavy (non-hydrogen) atoms. The third-order valence-corrected chi connectivity index (χ3v) is 5.58. The molecule has 0 bridgehead atoms. The summed E-state index contributed by atoms with van der Waals surface area (Å²) in [4.78, 5) is 24.3. The van der Waals surface area contributed by atoms with Crippen LogP contribution in [0.25, 0.3) is 10.8 Å². The second-order valence-corrected chi connectivity index (χ2v) is 7.63. The van der Waals surface area contributed by atoms with Crippen LogP contribution >= 0.6 is 23.2 Å². The van der Waals surface area contributed by atoms with E-state index in [0.717, 1.165) is 23.9 Å². The zero-order chi connectivity index (χ0) is 20.5. The smallest absolute Gasteiger partial charge is 0.277 e. The molecule has 0 saturated carbocycles. The van der Waals surface area contributed by atoms with Crippen LogP contribution in [0, 0.1) is 10.1 Å². The Kier molecular flexibility index (Phi) is 5.30. The number of halogens is 2. The van der Waals surface area contributed by atoms with Gasteiger partial charge in [0.15, 0.2) is 0 Å². The van der Waals surface area contributed by atoms with E-state index >= 15 is 0 Å². The van der Waals surface area contributed by atoms with Gasteiger partial charge in [-0.25, -0.2) is 5.01 Å². The molecule has 1 heterocycles. The largest absolute Gasteiger partial charge is 0.282 e. The number of benzene rings is 3. The second kappa shape index (κ2) is 7.89. The predicted octanol–water partition coefficient (Wildman–Crippen LogP) is 5.71. The second-order valence-electron chi connectivity index (χ2n) is 6.79. The van der Waals surface area contributed by atoms with Crippen molar-refractivity contribution in [2.75, 3.05) is 18.1 Å². The van der Waals surface area contributed by atoms with Gasteiger partial charge in [-0.15, -0.1) is 0 Å². The molecule has 1 aliphatic heterocycles. The Morgan fingerprint density at radius 1 is 0.966 bits per heavy atom. The Morgan fingerprint density at radius 3 is 2.41 bits per heavy atom. The summed E-state index contributed by atoms with van der Waals surface area (Å²) in [5.41, 5.74) is 1.17. The van der Waals surface area contributed by atoms with E-state index < -0.39 is 4.92 Å². The van der Waals surface area contributed by atoms with Gasteiger partial charge in [0.05, 0.1) is 26.6 Å². The van der Waals surface area contributed by atoms with Crippen molar-refractivity contribution in [3.63, 3.8) is 0 Å². The summed E-state index contributed by atoms with van der Waals surface area (Å²) in [7, 11) is 0. The van der Waals surface area contributed by atoms with Crippen LogP contribution in [0.3, 0.4) is 0 Å². The van der Waals surface area contributed by atoms with Gasteiger partial charge in [-0.2, -0.15) is 0 Å². The number of carbonyl (C=O) groups is 1. The van der Waals surface area contributed by atoms with E-state index in [4.69, 9.17) is 23.2 Å². The topological polar surface area (TPSA) is 66.7 Å². The van der Waals surface area contributed by atoms with E-state index in [-0.39, 0.29) is 11.6 Å². The highest BCUT2D eigenvalue weighted by Crippen LogP contribution is 2.36. The number of carbonyl (C=O) groups excluding carboxylic acids is 1. The van der Waals surface area contributed by atoms with Gasteiger partial charge >= 0.3 is 0 Å². The van der Waals surface area contributed by atoms with Gasteiger partial charge in [0.1, 0.15) is 0 Å². The third kappa shape index (κ3) is 3.61. The molecule has 8 heteroatoms. The van der Waals surface area contributed by atoms with E-state index in [1.807, 2.05) is 17.1 Å². The molecule has 0 aliphatic carbocycles. The molecule has 0 aromatic heterocycles. The lowest BCUT2D eigenvalue weighted by Gasteiger charge is -2.40. The number of amides is 1. The summed E-state index contributed by atoms with van der Waals surface area (Å²) in [5, 5.41) is 17.0. The van der Waals surface area contributed by atoms with Gasteiger partial charge < -0.3 is 0 Å². The molecule has 0 unspecified atom stereocenters. The van der Waals surface area contributed by atoms with E-state index in [1.54, 1.807) is 41.4 Å². The number of non-ortho nitro benzene ring substituents is 1. The zero-order valence-electron chi connectivity index (χ0n) is 15.3. The highest BCUT2D eigenvalue weighted by atomic mass is 35.5. The lowest BCUT2D eigenvalue weighted by Crippen LogP contribution is -2.50. The maximum Gasteiger partial charge on any atom is 0.277 e. The average molecular weight is 430 g/mol. The first-order valence-corrected chi connectivity index (χ1v) is 9.93.